The summed E-state index contributed by atoms with van der Waals surface area (Å²) in [5.74, 6) is -3.01. The molecule has 0 unspecified atom stereocenters. The zero-order chi connectivity index (χ0) is 28.6. The number of benzene rings is 3. The van der Waals surface area contributed by atoms with Crippen LogP contribution in [0.25, 0.3) is 0 Å². The number of ketones is 1. The van der Waals surface area contributed by atoms with Crippen LogP contribution in [0.2, 0.25) is 0 Å². The number of piperazine rings is 1. The zero-order valence-electron chi connectivity index (χ0n) is 23.3. The third kappa shape index (κ3) is 8.87. The van der Waals surface area contributed by atoms with E-state index in [9.17, 15) is 19.2 Å². The highest BCUT2D eigenvalue weighted by Gasteiger charge is 2.35. The highest BCUT2D eigenvalue weighted by molar-refractivity contribution is 6.52. The Balaban J connectivity index is 0.000000351. The Morgan fingerprint density at radius 2 is 1.24 bits per heavy atom. The largest absolute Gasteiger partial charge is 0.478 e. The van der Waals surface area contributed by atoms with Gasteiger partial charge in [0.25, 0.3) is 11.7 Å². The third-order valence-corrected chi connectivity index (χ3v) is 7.11. The molecule has 0 radical (unpaired) electrons. The van der Waals surface area contributed by atoms with Crippen LogP contribution in [-0.4, -0.2) is 89.5 Å². The molecular weight excluding hydrogens is 581 g/mol. The molecule has 9 nitrogen and oxygen atoms in total. The van der Waals surface area contributed by atoms with Crippen LogP contribution in [0.3, 0.4) is 0 Å². The van der Waals surface area contributed by atoms with Crippen molar-refractivity contribution in [3.8, 4) is 0 Å². The summed E-state index contributed by atoms with van der Waals surface area (Å²) in [7, 11) is 0. The molecule has 0 spiro atoms. The molecule has 0 saturated carbocycles. The fourth-order valence-electron chi connectivity index (χ4n) is 4.91. The van der Waals surface area contributed by atoms with E-state index < -0.39 is 17.8 Å². The van der Waals surface area contributed by atoms with Gasteiger partial charge in [0.2, 0.25) is 0 Å². The summed E-state index contributed by atoms with van der Waals surface area (Å²) >= 11 is 0. The maximum atomic E-state index is 12.3. The Labute approximate surface area is 257 Å². The maximum absolute atomic E-state index is 12.3. The number of aryl methyl sites for hydroxylation is 1. The van der Waals surface area contributed by atoms with Crippen LogP contribution in [0.5, 0.6) is 0 Å². The van der Waals surface area contributed by atoms with Crippen molar-refractivity contribution in [3.63, 3.8) is 0 Å². The van der Waals surface area contributed by atoms with Gasteiger partial charge in [0.15, 0.2) is 0 Å². The van der Waals surface area contributed by atoms with Crippen LogP contribution in [0.1, 0.15) is 42.2 Å². The Bertz CT molecular complexity index is 1360. The quantitative estimate of drug-likeness (QED) is 0.360. The van der Waals surface area contributed by atoms with Crippen molar-refractivity contribution in [3.05, 3.63) is 101 Å². The van der Waals surface area contributed by atoms with Crippen molar-refractivity contribution < 1.29 is 29.4 Å². The van der Waals surface area contributed by atoms with E-state index >= 15 is 0 Å². The Kier molecular flexibility index (Phi) is 13.1. The first-order valence-corrected chi connectivity index (χ1v) is 13.2. The predicted octanol–water partition coefficient (Wildman–Crippen LogP) is 4.31. The fourth-order valence-corrected chi connectivity index (χ4v) is 4.91. The molecule has 5 rings (SSSR count). The summed E-state index contributed by atoms with van der Waals surface area (Å²) < 4.78 is 0. The van der Waals surface area contributed by atoms with Gasteiger partial charge in [-0.25, -0.2) is 9.59 Å². The van der Waals surface area contributed by atoms with Gasteiger partial charge in [-0.2, -0.15) is 0 Å². The molecule has 2 heterocycles. The topological polar surface area (TPSA) is 118 Å². The summed E-state index contributed by atoms with van der Waals surface area (Å²) in [4.78, 5) is 51.9. The number of amides is 1. The first-order valence-electron chi connectivity index (χ1n) is 13.2. The van der Waals surface area contributed by atoms with E-state index in [1.807, 2.05) is 18.2 Å². The van der Waals surface area contributed by atoms with E-state index in [1.54, 1.807) is 17.9 Å². The predicted molar refractivity (Wildman–Crippen MR) is 166 cm³/mol. The number of rotatable bonds is 8. The molecule has 1 fully saturated rings. The van der Waals surface area contributed by atoms with Gasteiger partial charge < -0.3 is 20.0 Å². The van der Waals surface area contributed by atoms with Crippen molar-refractivity contribution in [2.24, 2.45) is 0 Å². The Hall–Kier alpha value is -3.76. The summed E-state index contributed by atoms with van der Waals surface area (Å²) in [5.41, 5.74) is 3.30. The Morgan fingerprint density at radius 1 is 0.714 bits per heavy atom. The lowest BCUT2D eigenvalue weighted by atomic mass is 10.1. The minimum Gasteiger partial charge on any atom is -0.478 e. The molecule has 0 bridgehead atoms. The number of para-hydroxylation sites is 1. The maximum Gasteiger partial charge on any atom is 0.335 e. The first-order chi connectivity index (χ1) is 19.2. The van der Waals surface area contributed by atoms with E-state index in [2.05, 4.69) is 40.1 Å². The number of nitrogens with zero attached hydrogens (tertiary/aromatic N) is 3. The van der Waals surface area contributed by atoms with Crippen molar-refractivity contribution >= 4 is 54.1 Å². The molecule has 42 heavy (non-hydrogen) atoms. The number of carboxylic acids is 2. The molecule has 2 aliphatic rings. The third-order valence-electron chi connectivity index (χ3n) is 7.11. The van der Waals surface area contributed by atoms with Gasteiger partial charge in [-0.3, -0.25) is 14.5 Å². The van der Waals surface area contributed by atoms with E-state index in [1.165, 1.54) is 17.7 Å². The number of hydrogen-bond donors (Lipinski definition) is 2. The van der Waals surface area contributed by atoms with E-state index in [0.717, 1.165) is 57.4 Å². The highest BCUT2D eigenvalue weighted by atomic mass is 35.5. The minimum atomic E-state index is -1.12. The number of anilines is 1. The summed E-state index contributed by atoms with van der Waals surface area (Å²) in [5, 5.41) is 17.2. The average Bonchev–Trinajstić information content (AvgIpc) is 3.20. The van der Waals surface area contributed by atoms with Crippen LogP contribution in [0, 0.1) is 6.92 Å². The second-order valence-electron chi connectivity index (χ2n) is 9.92. The number of Topliss-reactive ketones (excluding diaryl/α,β-unsaturated/α-hetero) is 1. The molecule has 1 amide bonds. The number of fused-ring (bicyclic) bond motifs is 1. The SMILES string of the molecule is Cc1cc(C(=O)O)cc(C(=O)O)c1.Cl.Cl.O=C1C(=O)N(CCN2CCN(CCc3ccccc3)CC2)c2ccccc21. The van der Waals surface area contributed by atoms with Crippen molar-refractivity contribution in [1.82, 2.24) is 9.80 Å². The molecule has 2 aliphatic heterocycles. The molecular formula is C31H35Cl2N3O6. The van der Waals surface area contributed by atoms with Crippen LogP contribution in [0.4, 0.5) is 5.69 Å². The molecule has 3 aromatic rings. The van der Waals surface area contributed by atoms with Crippen LogP contribution < -0.4 is 4.90 Å². The molecule has 0 aromatic heterocycles. The molecule has 0 atom stereocenters. The van der Waals surface area contributed by atoms with Gasteiger partial charge in [0.05, 0.1) is 22.4 Å². The molecule has 11 heteroatoms. The molecule has 0 aliphatic carbocycles. The van der Waals surface area contributed by atoms with Crippen molar-refractivity contribution in [2.75, 3.05) is 50.7 Å². The molecule has 224 valence electrons. The van der Waals surface area contributed by atoms with Gasteiger partial charge in [-0.05, 0) is 54.8 Å². The van der Waals surface area contributed by atoms with E-state index in [0.29, 0.717) is 17.7 Å². The number of carbonyl (C=O) groups is 4. The lowest BCUT2D eigenvalue weighted by molar-refractivity contribution is -0.114. The van der Waals surface area contributed by atoms with Crippen molar-refractivity contribution in [1.29, 1.82) is 0 Å². The van der Waals surface area contributed by atoms with Gasteiger partial charge in [0.1, 0.15) is 0 Å². The number of carboxylic acid groups (broad SMARTS) is 2. The van der Waals surface area contributed by atoms with E-state index in [-0.39, 0.29) is 41.7 Å². The van der Waals surface area contributed by atoms with Gasteiger partial charge in [-0.15, -0.1) is 24.8 Å². The standard InChI is InChI=1S/C22H25N3O2.C9H8O4.2ClH/c26-21-19-8-4-5-9-20(19)25(22(21)27)17-16-24-14-12-23(13-15-24)11-10-18-6-2-1-3-7-18;1-5-2-6(8(10)11)4-7(3-5)9(12)13;;/h1-9H,10-17H2;2-4H,1H3,(H,10,11)(H,12,13);2*1H. The van der Waals surface area contributed by atoms with Crippen LogP contribution >= 0.6 is 24.8 Å². The number of halogens is 2. The first kappa shape index (κ1) is 34.4. The average molecular weight is 617 g/mol. The zero-order valence-corrected chi connectivity index (χ0v) is 24.9. The number of aromatic carboxylic acids is 2. The number of hydrogen-bond acceptors (Lipinski definition) is 6. The van der Waals surface area contributed by atoms with Gasteiger partial charge in [-0.1, -0.05) is 42.5 Å². The summed E-state index contributed by atoms with van der Waals surface area (Å²) in [6.07, 6.45) is 1.09. The Morgan fingerprint density at radius 3 is 1.81 bits per heavy atom. The van der Waals surface area contributed by atoms with Crippen LogP contribution in [0.15, 0.2) is 72.8 Å². The van der Waals surface area contributed by atoms with E-state index in [4.69, 9.17) is 10.2 Å². The number of carbonyl (C=O) groups excluding carboxylic acids is 2. The smallest absolute Gasteiger partial charge is 0.335 e. The molecule has 2 N–H and O–H groups in total. The minimum absolute atomic E-state index is 0. The lowest BCUT2D eigenvalue weighted by Gasteiger charge is -2.35. The van der Waals surface area contributed by atoms with Gasteiger partial charge in [0, 0.05) is 45.8 Å². The van der Waals surface area contributed by atoms with Crippen molar-refractivity contribution in [2.45, 2.75) is 13.3 Å². The molecule has 3 aromatic carbocycles. The summed E-state index contributed by atoms with van der Waals surface area (Å²) in [6, 6.07) is 21.9. The highest BCUT2D eigenvalue weighted by Crippen LogP contribution is 2.28. The fraction of sp³-hybridized carbons (Fsp3) is 0.290. The molecule has 1 saturated heterocycles. The monoisotopic (exact) mass is 615 g/mol. The normalized spacial score (nSPS) is 14.6. The second kappa shape index (κ2) is 16.0. The van der Waals surface area contributed by atoms with Gasteiger partial charge >= 0.3 is 11.9 Å². The second-order valence-corrected chi connectivity index (χ2v) is 9.92. The summed E-state index contributed by atoms with van der Waals surface area (Å²) in [6.45, 7) is 8.24. The lowest BCUT2D eigenvalue weighted by Crippen LogP contribution is -2.49. The van der Waals surface area contributed by atoms with Crippen LogP contribution in [-0.2, 0) is 11.2 Å².